The number of hydrogen-bond donors (Lipinski definition) is 0. The van der Waals surface area contributed by atoms with E-state index in [9.17, 15) is 0 Å². The van der Waals surface area contributed by atoms with E-state index in [2.05, 4.69) is 6.58 Å². The maximum absolute atomic E-state index is 6.61. The molecule has 1 saturated carbocycles. The van der Waals surface area contributed by atoms with Crippen LogP contribution >= 0.6 is 69.6 Å². The second kappa shape index (κ2) is 5.30. The van der Waals surface area contributed by atoms with Crippen molar-refractivity contribution in [3.8, 4) is 0 Å². The van der Waals surface area contributed by atoms with Gasteiger partial charge >= 0.3 is 0 Å². The molecule has 0 aromatic rings. The summed E-state index contributed by atoms with van der Waals surface area (Å²) in [5.41, 5.74) is 0. The zero-order valence-corrected chi connectivity index (χ0v) is 14.4. The smallest absolute Gasteiger partial charge is 0.110 e. The minimum absolute atomic E-state index is 0.151. The van der Waals surface area contributed by atoms with Crippen molar-refractivity contribution in [2.75, 3.05) is 0 Å². The lowest BCUT2D eigenvalue weighted by molar-refractivity contribution is 0.565. The lowest BCUT2D eigenvalue weighted by Gasteiger charge is -2.32. The molecule has 6 heteroatoms. The van der Waals surface area contributed by atoms with E-state index in [1.54, 1.807) is 0 Å². The van der Waals surface area contributed by atoms with E-state index in [0.29, 0.717) is 6.42 Å². The maximum Gasteiger partial charge on any atom is 0.166 e. The van der Waals surface area contributed by atoms with Gasteiger partial charge in [-0.25, -0.2) is 0 Å². The zero-order chi connectivity index (χ0) is 14.5. The molecular formula is C13H12Cl6. The molecular weight excluding hydrogens is 369 g/mol. The van der Waals surface area contributed by atoms with Crippen molar-refractivity contribution in [1.82, 2.24) is 0 Å². The van der Waals surface area contributed by atoms with Crippen LogP contribution < -0.4 is 0 Å². The fourth-order valence-corrected chi connectivity index (χ4v) is 5.41. The number of halogens is 6. The molecule has 19 heavy (non-hydrogen) atoms. The monoisotopic (exact) mass is 378 g/mol. The summed E-state index contributed by atoms with van der Waals surface area (Å²) in [4.78, 5) is -2.29. The summed E-state index contributed by atoms with van der Waals surface area (Å²) >= 11 is 38.2. The molecule has 0 N–H and O–H groups in total. The lowest BCUT2D eigenvalue weighted by Crippen LogP contribution is -2.43. The Kier molecular flexibility index (Phi) is 4.56. The molecule has 2 rings (SSSR count). The lowest BCUT2D eigenvalue weighted by atomic mass is 9.91. The third-order valence-electron chi connectivity index (χ3n) is 3.73. The van der Waals surface area contributed by atoms with Gasteiger partial charge in [0.2, 0.25) is 0 Å². The van der Waals surface area contributed by atoms with Gasteiger partial charge in [-0.2, -0.15) is 0 Å². The number of allylic oxidation sites excluding steroid dienone is 5. The highest BCUT2D eigenvalue weighted by molar-refractivity contribution is 6.65. The minimum Gasteiger partial charge on any atom is -0.110 e. The Hall–Kier alpha value is 0.960. The Morgan fingerprint density at radius 3 is 2.21 bits per heavy atom. The van der Waals surface area contributed by atoms with Crippen LogP contribution in [0.2, 0.25) is 0 Å². The molecule has 0 aromatic carbocycles. The van der Waals surface area contributed by atoms with Crippen LogP contribution in [-0.4, -0.2) is 14.1 Å². The molecule has 0 aliphatic heterocycles. The van der Waals surface area contributed by atoms with Gasteiger partial charge in [0.15, 0.2) is 4.33 Å². The zero-order valence-electron chi connectivity index (χ0n) is 9.91. The third-order valence-corrected chi connectivity index (χ3v) is 8.03. The Labute approximate surface area is 143 Å². The number of alkyl halides is 4. The highest BCUT2D eigenvalue weighted by atomic mass is 35.5. The van der Waals surface area contributed by atoms with Crippen LogP contribution in [-0.2, 0) is 0 Å². The van der Waals surface area contributed by atoms with E-state index in [1.807, 2.05) is 18.2 Å². The van der Waals surface area contributed by atoms with E-state index in [4.69, 9.17) is 69.6 Å². The Morgan fingerprint density at radius 1 is 1.11 bits per heavy atom. The highest BCUT2D eigenvalue weighted by Crippen LogP contribution is 2.74. The summed E-state index contributed by atoms with van der Waals surface area (Å²) in [5.74, 6) is -0.151. The Bertz CT molecular complexity index is 466. The van der Waals surface area contributed by atoms with Gasteiger partial charge in [0.25, 0.3) is 0 Å². The van der Waals surface area contributed by atoms with E-state index in [-0.39, 0.29) is 16.0 Å². The largest absolute Gasteiger partial charge is 0.166 e. The molecule has 2 aliphatic carbocycles. The first-order valence-electron chi connectivity index (χ1n) is 5.83. The molecule has 0 aromatic heterocycles. The third kappa shape index (κ3) is 2.02. The van der Waals surface area contributed by atoms with Gasteiger partial charge in [-0.3, -0.25) is 0 Å². The fraction of sp³-hybridized carbons (Fsp3) is 0.538. The minimum atomic E-state index is -1.43. The van der Waals surface area contributed by atoms with Crippen molar-refractivity contribution in [3.63, 3.8) is 0 Å². The average Bonchev–Trinajstić information content (AvgIpc) is 2.57. The molecule has 0 heterocycles. The van der Waals surface area contributed by atoms with Crippen LogP contribution in [0.4, 0.5) is 0 Å². The summed E-state index contributed by atoms with van der Waals surface area (Å²) in [6.07, 6.45) is 8.05. The average molecular weight is 381 g/mol. The summed E-state index contributed by atoms with van der Waals surface area (Å²) in [6, 6.07) is 0. The van der Waals surface area contributed by atoms with Gasteiger partial charge in [-0.05, 0) is 19.3 Å². The molecule has 0 amide bonds. The van der Waals surface area contributed by atoms with Crippen molar-refractivity contribution in [2.24, 2.45) is 5.92 Å². The van der Waals surface area contributed by atoms with Crippen LogP contribution in [0.25, 0.3) is 0 Å². The normalized spacial score (nSPS) is 40.4. The SMILES string of the molecule is C=CCC/C=C/[C@H]1C[C@@]2(Cl)C(Cl)=C(Cl)[C@]1(Cl)C2(Cl)Cl. The first-order chi connectivity index (χ1) is 8.73. The van der Waals surface area contributed by atoms with Crippen molar-refractivity contribution < 1.29 is 0 Å². The number of fused-ring (bicyclic) bond motifs is 2. The van der Waals surface area contributed by atoms with Gasteiger partial charge in [0.1, 0.15) is 9.75 Å². The summed E-state index contributed by atoms with van der Waals surface area (Å²) in [7, 11) is 0. The fourth-order valence-electron chi connectivity index (χ4n) is 2.63. The Morgan fingerprint density at radius 2 is 1.74 bits per heavy atom. The molecule has 0 radical (unpaired) electrons. The van der Waals surface area contributed by atoms with Gasteiger partial charge in [-0.1, -0.05) is 64.6 Å². The van der Waals surface area contributed by atoms with Crippen LogP contribution in [0.3, 0.4) is 0 Å². The van der Waals surface area contributed by atoms with Crippen LogP contribution in [0.1, 0.15) is 19.3 Å². The predicted molar refractivity (Wildman–Crippen MR) is 87.0 cm³/mol. The second-order valence-corrected chi connectivity index (χ2v) is 8.14. The first kappa shape index (κ1) is 16.3. The summed E-state index contributed by atoms with van der Waals surface area (Å²) in [6.45, 7) is 3.67. The summed E-state index contributed by atoms with van der Waals surface area (Å²) < 4.78 is -1.43. The van der Waals surface area contributed by atoms with E-state index in [1.165, 1.54) is 0 Å². The topological polar surface area (TPSA) is 0 Å². The van der Waals surface area contributed by atoms with Crippen molar-refractivity contribution in [1.29, 1.82) is 0 Å². The predicted octanol–water partition coefficient (Wildman–Crippen LogP) is 6.36. The quantitative estimate of drug-likeness (QED) is 0.302. The molecule has 0 spiro atoms. The van der Waals surface area contributed by atoms with E-state index < -0.39 is 14.1 Å². The van der Waals surface area contributed by atoms with Gasteiger partial charge in [0.05, 0.1) is 10.1 Å². The molecule has 2 bridgehead atoms. The standard InChI is InChI=1S/C13H12Cl6/c1-2-3-4-5-6-8-7-11(16)9(14)10(15)12(8,17)13(11,18)19/h2,5-6,8H,1,3-4,7H2/b6-5+/t8-,11+,12-/m0/s1. The molecule has 2 aliphatic rings. The molecule has 0 unspecified atom stereocenters. The first-order valence-corrected chi connectivity index (χ1v) is 8.09. The molecule has 0 nitrogen and oxygen atoms in total. The highest BCUT2D eigenvalue weighted by Gasteiger charge is 2.77. The number of hydrogen-bond acceptors (Lipinski definition) is 0. The van der Waals surface area contributed by atoms with Crippen LogP contribution in [0, 0.1) is 5.92 Å². The van der Waals surface area contributed by atoms with Crippen molar-refractivity contribution >= 4 is 69.6 Å². The van der Waals surface area contributed by atoms with Crippen molar-refractivity contribution in [2.45, 2.75) is 33.3 Å². The Balaban J connectivity index is 2.34. The van der Waals surface area contributed by atoms with E-state index in [0.717, 1.165) is 12.8 Å². The van der Waals surface area contributed by atoms with Gasteiger partial charge < -0.3 is 0 Å². The van der Waals surface area contributed by atoms with E-state index >= 15 is 0 Å². The maximum atomic E-state index is 6.61. The molecule has 3 atom stereocenters. The van der Waals surface area contributed by atoms with Crippen LogP contribution in [0.15, 0.2) is 34.9 Å². The van der Waals surface area contributed by atoms with Crippen molar-refractivity contribution in [3.05, 3.63) is 34.9 Å². The van der Waals surface area contributed by atoms with Gasteiger partial charge in [0, 0.05) is 5.92 Å². The number of rotatable bonds is 4. The molecule has 106 valence electrons. The molecule has 1 fully saturated rings. The second-order valence-electron chi connectivity index (χ2n) is 4.82. The molecule has 0 saturated heterocycles. The van der Waals surface area contributed by atoms with Gasteiger partial charge in [-0.15, -0.1) is 29.8 Å². The summed E-state index contributed by atoms with van der Waals surface area (Å²) in [5, 5.41) is 0.507. The number of unbranched alkanes of at least 4 members (excludes halogenated alkanes) is 1. The van der Waals surface area contributed by atoms with Crippen LogP contribution in [0.5, 0.6) is 0 Å².